The van der Waals surface area contributed by atoms with E-state index in [1.54, 1.807) is 6.20 Å². The van der Waals surface area contributed by atoms with Crippen LogP contribution in [0.5, 0.6) is 0 Å². The highest BCUT2D eigenvalue weighted by atomic mass is 19.1. The van der Waals surface area contributed by atoms with E-state index >= 15 is 0 Å². The highest BCUT2D eigenvalue weighted by molar-refractivity contribution is 6.54. The van der Waals surface area contributed by atoms with E-state index in [2.05, 4.69) is 4.98 Å². The number of rotatable bonds is 3. The predicted octanol–water partition coefficient (Wildman–Crippen LogP) is 3.40. The largest absolute Gasteiger partial charge is 0.525 e. The summed E-state index contributed by atoms with van der Waals surface area (Å²) in [5.41, 5.74) is 0.112. The number of hydrogen-bond donors (Lipinski definition) is 0. The van der Waals surface area contributed by atoms with Gasteiger partial charge in [0.25, 0.3) is 0 Å². The summed E-state index contributed by atoms with van der Waals surface area (Å²) in [4.78, 5) is 6.20. The van der Waals surface area contributed by atoms with Gasteiger partial charge in [0.05, 0.1) is 11.2 Å². The van der Waals surface area contributed by atoms with E-state index in [1.165, 1.54) is 6.08 Å². The van der Waals surface area contributed by atoms with Crippen LogP contribution in [0.2, 0.25) is 0 Å². The van der Waals surface area contributed by atoms with Gasteiger partial charge in [-0.05, 0) is 52.3 Å². The Balaban J connectivity index is 2.33. The molecule has 1 saturated heterocycles. The summed E-state index contributed by atoms with van der Waals surface area (Å²) in [6.45, 7) is 9.54. The smallest absolute Gasteiger partial charge is 0.398 e. The van der Waals surface area contributed by atoms with Gasteiger partial charge in [0.2, 0.25) is 0 Å². The van der Waals surface area contributed by atoms with Gasteiger partial charge in [0.1, 0.15) is 11.5 Å². The lowest BCUT2D eigenvalue weighted by atomic mass is 9.86. The molecular formula is C16H24BFN2O2. The molecule has 0 atom stereocenters. The molecule has 22 heavy (non-hydrogen) atoms. The normalized spacial score (nSPS) is 20.4. The Kier molecular flexibility index (Phi) is 4.37. The van der Waals surface area contributed by atoms with Crippen LogP contribution < -0.4 is 4.90 Å². The fraction of sp³-hybridized carbons (Fsp3) is 0.562. The lowest BCUT2D eigenvalue weighted by Gasteiger charge is -2.32. The van der Waals surface area contributed by atoms with Crippen molar-refractivity contribution in [2.45, 2.75) is 45.8 Å². The van der Waals surface area contributed by atoms with Crippen molar-refractivity contribution in [3.63, 3.8) is 0 Å². The summed E-state index contributed by atoms with van der Waals surface area (Å²) in [7, 11) is 2.77. The molecular weight excluding hydrogens is 282 g/mol. The van der Waals surface area contributed by atoms with Crippen LogP contribution in [0.15, 0.2) is 18.0 Å². The van der Waals surface area contributed by atoms with Crippen molar-refractivity contribution in [2.75, 3.05) is 19.0 Å². The van der Waals surface area contributed by atoms with Gasteiger partial charge in [-0.1, -0.05) is 0 Å². The first kappa shape index (κ1) is 17.0. The number of aryl methyl sites for hydroxylation is 1. The third-order valence-electron chi connectivity index (χ3n) is 4.23. The van der Waals surface area contributed by atoms with Crippen molar-refractivity contribution < 1.29 is 13.7 Å². The third-order valence-corrected chi connectivity index (χ3v) is 4.23. The van der Waals surface area contributed by atoms with E-state index in [9.17, 15) is 4.39 Å². The first-order chi connectivity index (χ1) is 10.0. The molecule has 120 valence electrons. The zero-order valence-corrected chi connectivity index (χ0v) is 14.4. The average Bonchev–Trinajstić information content (AvgIpc) is 2.58. The van der Waals surface area contributed by atoms with E-state index in [1.807, 2.05) is 59.7 Å². The molecule has 0 aromatic carbocycles. The van der Waals surface area contributed by atoms with Crippen LogP contribution in [0.4, 0.5) is 10.2 Å². The maximum atomic E-state index is 14.6. The Morgan fingerprint density at radius 1 is 1.23 bits per heavy atom. The van der Waals surface area contributed by atoms with Crippen molar-refractivity contribution >= 4 is 19.0 Å². The van der Waals surface area contributed by atoms with Crippen molar-refractivity contribution in [1.82, 2.24) is 4.98 Å². The first-order valence-corrected chi connectivity index (χ1v) is 7.40. The van der Waals surface area contributed by atoms with Crippen LogP contribution in [0, 0.1) is 6.92 Å². The van der Waals surface area contributed by atoms with Gasteiger partial charge < -0.3 is 14.2 Å². The fourth-order valence-corrected chi connectivity index (χ4v) is 2.24. The number of nitrogens with zero attached hydrogens (tertiary/aromatic N) is 2. The molecule has 1 aliphatic rings. The quantitative estimate of drug-likeness (QED) is 0.802. The molecule has 1 fully saturated rings. The van der Waals surface area contributed by atoms with Crippen LogP contribution in [0.3, 0.4) is 0 Å². The van der Waals surface area contributed by atoms with Crippen LogP contribution in [-0.2, 0) is 9.31 Å². The summed E-state index contributed by atoms with van der Waals surface area (Å²) < 4.78 is 26.1. The fourth-order valence-electron chi connectivity index (χ4n) is 2.24. The minimum absolute atomic E-state index is 0.450. The van der Waals surface area contributed by atoms with Crippen molar-refractivity contribution in [3.8, 4) is 0 Å². The maximum absolute atomic E-state index is 14.6. The monoisotopic (exact) mass is 306 g/mol. The molecule has 0 radical (unpaired) electrons. The van der Waals surface area contributed by atoms with Gasteiger partial charge in [0, 0.05) is 25.9 Å². The minimum atomic E-state index is -0.986. The lowest BCUT2D eigenvalue weighted by Crippen LogP contribution is -2.41. The van der Waals surface area contributed by atoms with E-state index in [0.717, 1.165) is 5.56 Å². The molecule has 0 aliphatic carbocycles. The molecule has 4 nitrogen and oxygen atoms in total. The summed E-state index contributed by atoms with van der Waals surface area (Å²) in [6.07, 6.45) is 3.21. The van der Waals surface area contributed by atoms with Crippen LogP contribution >= 0.6 is 0 Å². The summed E-state index contributed by atoms with van der Waals surface area (Å²) >= 11 is 0. The summed E-state index contributed by atoms with van der Waals surface area (Å²) in [6, 6.07) is 1.90. The maximum Gasteiger partial charge on any atom is 0.525 e. The Morgan fingerprint density at radius 3 is 2.27 bits per heavy atom. The number of hydrogen-bond acceptors (Lipinski definition) is 4. The van der Waals surface area contributed by atoms with Crippen LogP contribution in [0.25, 0.3) is 6.08 Å². The van der Waals surface area contributed by atoms with Gasteiger partial charge in [-0.2, -0.15) is 0 Å². The molecule has 0 spiro atoms. The van der Waals surface area contributed by atoms with Crippen LogP contribution in [0.1, 0.15) is 38.8 Å². The van der Waals surface area contributed by atoms with E-state index < -0.39 is 24.0 Å². The molecule has 0 unspecified atom stereocenters. The van der Waals surface area contributed by atoms with Gasteiger partial charge in [-0.3, -0.25) is 0 Å². The molecule has 2 rings (SSSR count). The van der Waals surface area contributed by atoms with Crippen molar-refractivity contribution in [3.05, 3.63) is 29.1 Å². The molecule has 1 aromatic heterocycles. The van der Waals surface area contributed by atoms with E-state index in [4.69, 9.17) is 9.31 Å². The van der Waals surface area contributed by atoms with Gasteiger partial charge >= 0.3 is 7.12 Å². The molecule has 0 saturated carbocycles. The molecule has 6 heteroatoms. The van der Waals surface area contributed by atoms with Gasteiger partial charge in [0.15, 0.2) is 0 Å². The lowest BCUT2D eigenvalue weighted by molar-refractivity contribution is 0.00578. The van der Waals surface area contributed by atoms with E-state index in [0.29, 0.717) is 11.4 Å². The molecule has 2 heterocycles. The average molecular weight is 306 g/mol. The zero-order chi connectivity index (χ0) is 16.7. The molecule has 0 amide bonds. The second kappa shape index (κ2) is 5.67. The van der Waals surface area contributed by atoms with E-state index in [-0.39, 0.29) is 0 Å². The Morgan fingerprint density at radius 2 is 1.77 bits per heavy atom. The Labute approximate surface area is 132 Å². The highest BCUT2D eigenvalue weighted by Gasteiger charge is 2.53. The third kappa shape index (κ3) is 3.18. The minimum Gasteiger partial charge on any atom is -0.398 e. The summed E-state index contributed by atoms with van der Waals surface area (Å²) in [5, 5.41) is 0. The molecule has 1 aliphatic heterocycles. The zero-order valence-electron chi connectivity index (χ0n) is 14.4. The van der Waals surface area contributed by atoms with Crippen molar-refractivity contribution in [1.29, 1.82) is 0 Å². The number of aromatic nitrogens is 1. The molecule has 0 N–H and O–H groups in total. The highest BCUT2D eigenvalue weighted by Crippen LogP contribution is 2.39. The van der Waals surface area contributed by atoms with Gasteiger partial charge in [-0.15, -0.1) is 0 Å². The predicted molar refractivity (Wildman–Crippen MR) is 88.5 cm³/mol. The first-order valence-electron chi connectivity index (χ1n) is 7.40. The Bertz CT molecular complexity index is 584. The Hall–Kier alpha value is -1.40. The van der Waals surface area contributed by atoms with Gasteiger partial charge in [-0.25, -0.2) is 9.37 Å². The molecule has 0 bridgehead atoms. The molecule has 1 aromatic rings. The summed E-state index contributed by atoms with van der Waals surface area (Å²) in [5.74, 6) is 0.706. The second-order valence-corrected chi connectivity index (χ2v) is 6.94. The van der Waals surface area contributed by atoms with Crippen molar-refractivity contribution in [2.24, 2.45) is 0 Å². The number of halogens is 1. The number of pyridine rings is 1. The number of anilines is 1. The second-order valence-electron chi connectivity index (χ2n) is 6.94. The van der Waals surface area contributed by atoms with Crippen LogP contribution in [-0.4, -0.2) is 37.4 Å². The SMILES string of the molecule is Cc1cnc(N(C)C)c(C=C(F)B2OC(C)(C)C(C)(C)O2)c1. The standard InChI is InChI=1S/C16H24BFN2O2/c1-11-8-12(14(19-10-11)20(6)7)9-13(18)17-21-15(2,3)16(4,5)22-17/h8-10H,1-7H3. The topological polar surface area (TPSA) is 34.6 Å².